The number of aryl methyl sites for hydroxylation is 1. The van der Waals surface area contributed by atoms with Crippen LogP contribution in [0.25, 0.3) is 5.76 Å². The molecular formula is C26H33N3O4. The summed E-state index contributed by atoms with van der Waals surface area (Å²) in [5.41, 5.74) is 3.19. The van der Waals surface area contributed by atoms with E-state index in [1.807, 2.05) is 69.2 Å². The van der Waals surface area contributed by atoms with Crippen LogP contribution in [-0.4, -0.2) is 75.0 Å². The number of carbonyl (C=O) groups is 2. The van der Waals surface area contributed by atoms with E-state index in [0.717, 1.165) is 23.4 Å². The van der Waals surface area contributed by atoms with Crippen molar-refractivity contribution in [3.8, 4) is 5.75 Å². The van der Waals surface area contributed by atoms with E-state index in [4.69, 9.17) is 4.74 Å². The fourth-order valence-corrected chi connectivity index (χ4v) is 4.14. The number of aliphatic hydroxyl groups excluding tert-OH is 1. The van der Waals surface area contributed by atoms with E-state index in [0.29, 0.717) is 24.3 Å². The maximum absolute atomic E-state index is 13.2. The predicted molar refractivity (Wildman–Crippen MR) is 131 cm³/mol. The van der Waals surface area contributed by atoms with Crippen LogP contribution in [0.5, 0.6) is 5.75 Å². The van der Waals surface area contributed by atoms with Crippen molar-refractivity contribution in [1.82, 2.24) is 9.80 Å². The molecule has 7 nitrogen and oxygen atoms in total. The second-order valence-electron chi connectivity index (χ2n) is 8.82. The lowest BCUT2D eigenvalue weighted by Crippen LogP contribution is -2.32. The fourth-order valence-electron chi connectivity index (χ4n) is 4.14. The molecule has 0 aliphatic carbocycles. The van der Waals surface area contributed by atoms with Crippen molar-refractivity contribution in [3.05, 3.63) is 64.7 Å². The molecule has 1 heterocycles. The number of anilines is 1. The van der Waals surface area contributed by atoms with Gasteiger partial charge in [0.15, 0.2) is 0 Å². The molecule has 3 rings (SSSR count). The van der Waals surface area contributed by atoms with E-state index < -0.39 is 17.7 Å². The maximum atomic E-state index is 13.2. The van der Waals surface area contributed by atoms with Crippen LogP contribution < -0.4 is 9.64 Å². The average Bonchev–Trinajstić information content (AvgIpc) is 3.03. The van der Waals surface area contributed by atoms with E-state index in [1.165, 1.54) is 0 Å². The lowest BCUT2D eigenvalue weighted by atomic mass is 9.93. The van der Waals surface area contributed by atoms with Crippen molar-refractivity contribution < 1.29 is 19.4 Å². The largest absolute Gasteiger partial charge is 0.507 e. The summed E-state index contributed by atoms with van der Waals surface area (Å²) in [6.45, 7) is 3.04. The predicted octanol–water partition coefficient (Wildman–Crippen LogP) is 3.44. The lowest BCUT2D eigenvalue weighted by Gasteiger charge is -2.26. The minimum absolute atomic E-state index is 0.121. The van der Waals surface area contributed by atoms with E-state index in [2.05, 4.69) is 0 Å². The van der Waals surface area contributed by atoms with Gasteiger partial charge in [-0.2, -0.15) is 0 Å². The first-order chi connectivity index (χ1) is 15.6. The van der Waals surface area contributed by atoms with Gasteiger partial charge in [-0.3, -0.25) is 9.59 Å². The summed E-state index contributed by atoms with van der Waals surface area (Å²) in [5, 5.41) is 11.3. The van der Waals surface area contributed by atoms with Crippen molar-refractivity contribution >= 4 is 23.1 Å². The summed E-state index contributed by atoms with van der Waals surface area (Å²) < 4.78 is 5.26. The van der Waals surface area contributed by atoms with Gasteiger partial charge in [0, 0.05) is 31.9 Å². The molecule has 1 unspecified atom stereocenters. The molecule has 1 N–H and O–H groups in total. The van der Waals surface area contributed by atoms with Crippen molar-refractivity contribution in [1.29, 1.82) is 0 Å². The summed E-state index contributed by atoms with van der Waals surface area (Å²) in [6, 6.07) is 12.3. The highest BCUT2D eigenvalue weighted by Crippen LogP contribution is 2.40. The number of amides is 1. The minimum Gasteiger partial charge on any atom is -0.507 e. The molecule has 1 saturated heterocycles. The van der Waals surface area contributed by atoms with Crippen LogP contribution in [0.4, 0.5) is 5.69 Å². The number of rotatable bonds is 8. The van der Waals surface area contributed by atoms with Crippen LogP contribution in [0.3, 0.4) is 0 Å². The number of likely N-dealkylation sites (tertiary alicyclic amines) is 1. The molecule has 1 amide bonds. The number of hydrogen-bond donors (Lipinski definition) is 1. The molecule has 0 aromatic heterocycles. The van der Waals surface area contributed by atoms with Gasteiger partial charge in [-0.15, -0.1) is 0 Å². The Labute approximate surface area is 195 Å². The smallest absolute Gasteiger partial charge is 0.295 e. The second-order valence-corrected chi connectivity index (χ2v) is 8.82. The highest BCUT2D eigenvalue weighted by molar-refractivity contribution is 6.46. The standard InChI is InChI=1S/C26H33N3O4/c1-17-16-20(33-6)12-13-21(17)24(30)22-23(18-8-10-19(11-9-18)28(4)5)29(26(32)25(22)31)15-7-14-27(2)3/h8-13,16,23,30H,7,14-15H2,1-6H3/b24-22-. The van der Waals surface area contributed by atoms with Crippen molar-refractivity contribution in [2.75, 3.05) is 53.3 Å². The van der Waals surface area contributed by atoms with Gasteiger partial charge in [-0.05, 0) is 75.4 Å². The topological polar surface area (TPSA) is 73.3 Å². The molecule has 0 bridgehead atoms. The second kappa shape index (κ2) is 10.1. The Balaban J connectivity index is 2.12. The zero-order valence-electron chi connectivity index (χ0n) is 20.3. The van der Waals surface area contributed by atoms with Crippen molar-refractivity contribution in [3.63, 3.8) is 0 Å². The van der Waals surface area contributed by atoms with E-state index in [9.17, 15) is 14.7 Å². The molecular weight excluding hydrogens is 418 g/mol. The summed E-state index contributed by atoms with van der Waals surface area (Å²) in [6.07, 6.45) is 0.716. The maximum Gasteiger partial charge on any atom is 0.295 e. The molecule has 1 fully saturated rings. The molecule has 2 aromatic carbocycles. The molecule has 33 heavy (non-hydrogen) atoms. The number of ketones is 1. The summed E-state index contributed by atoms with van der Waals surface area (Å²) in [4.78, 5) is 31.8. The Morgan fingerprint density at radius 3 is 2.27 bits per heavy atom. The molecule has 0 spiro atoms. The van der Waals surface area contributed by atoms with E-state index >= 15 is 0 Å². The molecule has 1 aliphatic rings. The fraction of sp³-hybridized carbons (Fsp3) is 0.385. The first-order valence-electron chi connectivity index (χ1n) is 11.0. The highest BCUT2D eigenvalue weighted by atomic mass is 16.5. The van der Waals surface area contributed by atoms with Gasteiger partial charge < -0.3 is 24.5 Å². The SMILES string of the molecule is COc1ccc(/C(O)=C2/C(=O)C(=O)N(CCCN(C)C)C2c2ccc(N(C)C)cc2)c(C)c1. The third kappa shape index (κ3) is 5.03. The van der Waals surface area contributed by atoms with Crippen LogP contribution in [0.1, 0.15) is 29.2 Å². The molecule has 0 radical (unpaired) electrons. The summed E-state index contributed by atoms with van der Waals surface area (Å²) in [5.74, 6) is -0.744. The molecule has 1 atom stereocenters. The quantitative estimate of drug-likeness (QED) is 0.377. The molecule has 0 saturated carbocycles. The van der Waals surface area contributed by atoms with Gasteiger partial charge in [-0.25, -0.2) is 0 Å². The Morgan fingerprint density at radius 1 is 1.06 bits per heavy atom. The van der Waals surface area contributed by atoms with Crippen LogP contribution in [0.15, 0.2) is 48.0 Å². The van der Waals surface area contributed by atoms with Crippen molar-refractivity contribution in [2.45, 2.75) is 19.4 Å². The monoisotopic (exact) mass is 451 g/mol. The normalized spacial score (nSPS) is 17.7. The minimum atomic E-state index is -0.658. The molecule has 2 aromatic rings. The first kappa shape index (κ1) is 24.3. The van der Waals surface area contributed by atoms with Crippen LogP contribution in [-0.2, 0) is 9.59 Å². The van der Waals surface area contributed by atoms with E-state index in [-0.39, 0.29) is 11.3 Å². The Kier molecular flexibility index (Phi) is 7.43. The van der Waals surface area contributed by atoms with Crippen molar-refractivity contribution in [2.24, 2.45) is 0 Å². The zero-order chi connectivity index (χ0) is 24.3. The van der Waals surface area contributed by atoms with Gasteiger partial charge in [-0.1, -0.05) is 12.1 Å². The number of methoxy groups -OCH3 is 1. The van der Waals surface area contributed by atoms with Crippen LogP contribution in [0.2, 0.25) is 0 Å². The Morgan fingerprint density at radius 2 is 1.73 bits per heavy atom. The number of carbonyl (C=O) groups excluding carboxylic acids is 2. The third-order valence-corrected chi connectivity index (χ3v) is 5.96. The average molecular weight is 452 g/mol. The van der Waals surface area contributed by atoms with Gasteiger partial charge in [0.25, 0.3) is 11.7 Å². The highest BCUT2D eigenvalue weighted by Gasteiger charge is 2.45. The Bertz CT molecular complexity index is 1060. The summed E-state index contributed by atoms with van der Waals surface area (Å²) >= 11 is 0. The number of hydrogen-bond acceptors (Lipinski definition) is 6. The third-order valence-electron chi connectivity index (χ3n) is 5.96. The number of nitrogens with zero attached hydrogens (tertiary/aromatic N) is 3. The van der Waals surface area contributed by atoms with Gasteiger partial charge in [0.05, 0.1) is 18.7 Å². The molecule has 176 valence electrons. The van der Waals surface area contributed by atoms with Crippen LogP contribution in [0, 0.1) is 6.92 Å². The number of Topliss-reactive ketones (excluding diaryl/α,β-unsaturated/α-hetero) is 1. The number of benzene rings is 2. The lowest BCUT2D eigenvalue weighted by molar-refractivity contribution is -0.139. The van der Waals surface area contributed by atoms with Gasteiger partial charge >= 0.3 is 0 Å². The van der Waals surface area contributed by atoms with Gasteiger partial charge in [0.1, 0.15) is 11.5 Å². The van der Waals surface area contributed by atoms with Crippen LogP contribution >= 0.6 is 0 Å². The van der Waals surface area contributed by atoms with Gasteiger partial charge in [0.2, 0.25) is 0 Å². The Hall–Kier alpha value is -3.32. The zero-order valence-corrected chi connectivity index (χ0v) is 20.3. The summed E-state index contributed by atoms with van der Waals surface area (Å²) in [7, 11) is 9.42. The number of aliphatic hydroxyl groups is 1. The molecule has 7 heteroatoms. The number of ether oxygens (including phenoxy) is 1. The van der Waals surface area contributed by atoms with E-state index in [1.54, 1.807) is 30.2 Å². The first-order valence-corrected chi connectivity index (χ1v) is 11.0. The molecule has 1 aliphatic heterocycles.